The molecular formula is C15H25NO2. The van der Waals surface area contributed by atoms with Crippen LogP contribution in [-0.4, -0.2) is 24.8 Å². The van der Waals surface area contributed by atoms with Crippen LogP contribution in [0.5, 0.6) is 5.75 Å². The maximum absolute atomic E-state index is 10.0. The highest BCUT2D eigenvalue weighted by molar-refractivity contribution is 5.60. The van der Waals surface area contributed by atoms with Gasteiger partial charge in [-0.05, 0) is 39.3 Å². The first-order valence-electron chi connectivity index (χ1n) is 6.64. The molecule has 0 radical (unpaired) electrons. The highest BCUT2D eigenvalue weighted by Crippen LogP contribution is 2.35. The van der Waals surface area contributed by atoms with Gasteiger partial charge < -0.3 is 14.7 Å². The molecule has 3 heteroatoms. The third kappa shape index (κ3) is 3.16. The van der Waals surface area contributed by atoms with Crippen LogP contribution in [0.1, 0.15) is 45.8 Å². The summed E-state index contributed by atoms with van der Waals surface area (Å²) in [5.41, 5.74) is 1.95. The molecule has 1 rings (SSSR count). The minimum Gasteiger partial charge on any atom is -0.496 e. The van der Waals surface area contributed by atoms with Gasteiger partial charge in [0.15, 0.2) is 0 Å². The average molecular weight is 251 g/mol. The number of anilines is 1. The lowest BCUT2D eigenvalue weighted by atomic mass is 10.0. The second-order valence-electron chi connectivity index (χ2n) is 4.86. The first kappa shape index (κ1) is 14.8. The molecule has 0 amide bonds. The Hall–Kier alpha value is -1.22. The standard InChI is InChI=1S/C15H25NO2/c1-6-10-16(11(2)3)13-8-7-9-14(18-5)15(13)12(4)17/h7-9,11-12,17H,6,10H2,1-5H3/t12-/m1/s1. The smallest absolute Gasteiger partial charge is 0.126 e. The number of hydrogen-bond donors (Lipinski definition) is 1. The minimum absolute atomic E-state index is 0.398. The Kier molecular flexibility index (Phi) is 5.48. The second-order valence-corrected chi connectivity index (χ2v) is 4.86. The van der Waals surface area contributed by atoms with Crippen molar-refractivity contribution in [2.75, 3.05) is 18.6 Å². The summed E-state index contributed by atoms with van der Waals surface area (Å²) in [7, 11) is 1.64. The minimum atomic E-state index is -0.533. The summed E-state index contributed by atoms with van der Waals surface area (Å²) in [4.78, 5) is 2.31. The number of ether oxygens (including phenoxy) is 1. The van der Waals surface area contributed by atoms with Crippen molar-refractivity contribution in [1.29, 1.82) is 0 Å². The Bertz CT molecular complexity index is 375. The highest BCUT2D eigenvalue weighted by atomic mass is 16.5. The molecule has 102 valence electrons. The van der Waals surface area contributed by atoms with E-state index in [0.29, 0.717) is 6.04 Å². The Labute approximate surface area is 110 Å². The summed E-state index contributed by atoms with van der Waals surface area (Å²) in [6.07, 6.45) is 0.545. The van der Waals surface area contributed by atoms with E-state index in [1.165, 1.54) is 0 Å². The second kappa shape index (κ2) is 6.64. The molecule has 1 aromatic rings. The normalized spacial score (nSPS) is 12.6. The van der Waals surface area contributed by atoms with Gasteiger partial charge in [-0.3, -0.25) is 0 Å². The number of aliphatic hydroxyl groups excluding tert-OH is 1. The molecule has 0 spiro atoms. The Morgan fingerprint density at radius 3 is 2.39 bits per heavy atom. The van der Waals surface area contributed by atoms with Gasteiger partial charge in [-0.1, -0.05) is 13.0 Å². The molecule has 0 aliphatic carbocycles. The van der Waals surface area contributed by atoms with E-state index in [-0.39, 0.29) is 0 Å². The molecule has 0 unspecified atom stereocenters. The van der Waals surface area contributed by atoms with E-state index in [1.54, 1.807) is 14.0 Å². The monoisotopic (exact) mass is 251 g/mol. The van der Waals surface area contributed by atoms with Crippen LogP contribution in [0.25, 0.3) is 0 Å². The van der Waals surface area contributed by atoms with Crippen molar-refractivity contribution in [3.05, 3.63) is 23.8 Å². The molecule has 1 N–H and O–H groups in total. The van der Waals surface area contributed by atoms with E-state index in [1.807, 2.05) is 12.1 Å². The first-order chi connectivity index (χ1) is 8.52. The number of hydrogen-bond acceptors (Lipinski definition) is 3. The van der Waals surface area contributed by atoms with E-state index in [2.05, 4.69) is 31.7 Å². The maximum Gasteiger partial charge on any atom is 0.126 e. The fraction of sp³-hybridized carbons (Fsp3) is 0.600. The third-order valence-electron chi connectivity index (χ3n) is 3.08. The molecule has 0 aliphatic heterocycles. The van der Waals surface area contributed by atoms with Crippen LogP contribution in [0, 0.1) is 0 Å². The zero-order valence-electron chi connectivity index (χ0n) is 12.1. The van der Waals surface area contributed by atoms with Crippen LogP contribution in [0.4, 0.5) is 5.69 Å². The fourth-order valence-electron chi connectivity index (χ4n) is 2.28. The predicted octanol–water partition coefficient (Wildman–Crippen LogP) is 3.37. The van der Waals surface area contributed by atoms with Crippen molar-refractivity contribution >= 4 is 5.69 Å². The van der Waals surface area contributed by atoms with Gasteiger partial charge in [0.25, 0.3) is 0 Å². The van der Waals surface area contributed by atoms with E-state index in [0.717, 1.165) is 30.0 Å². The summed E-state index contributed by atoms with van der Waals surface area (Å²) in [6.45, 7) is 9.26. The SMILES string of the molecule is CCCN(c1cccc(OC)c1[C@@H](C)O)C(C)C. The number of methoxy groups -OCH3 is 1. The van der Waals surface area contributed by atoms with Crippen molar-refractivity contribution in [3.63, 3.8) is 0 Å². The lowest BCUT2D eigenvalue weighted by Crippen LogP contribution is -2.32. The van der Waals surface area contributed by atoms with Gasteiger partial charge in [0, 0.05) is 23.8 Å². The lowest BCUT2D eigenvalue weighted by Gasteiger charge is -2.32. The van der Waals surface area contributed by atoms with E-state index in [4.69, 9.17) is 4.74 Å². The summed E-state index contributed by atoms with van der Waals surface area (Å²) in [5.74, 6) is 0.754. The molecule has 18 heavy (non-hydrogen) atoms. The van der Waals surface area contributed by atoms with E-state index >= 15 is 0 Å². The highest BCUT2D eigenvalue weighted by Gasteiger charge is 2.19. The third-order valence-corrected chi connectivity index (χ3v) is 3.08. The Morgan fingerprint density at radius 1 is 1.28 bits per heavy atom. The van der Waals surface area contributed by atoms with Crippen LogP contribution in [0.2, 0.25) is 0 Å². The van der Waals surface area contributed by atoms with Crippen LogP contribution < -0.4 is 9.64 Å². The van der Waals surface area contributed by atoms with Crippen LogP contribution in [0.3, 0.4) is 0 Å². The fourth-order valence-corrected chi connectivity index (χ4v) is 2.28. The molecule has 0 aliphatic rings. The van der Waals surface area contributed by atoms with Crippen molar-refractivity contribution in [2.45, 2.75) is 46.3 Å². The van der Waals surface area contributed by atoms with Crippen molar-refractivity contribution < 1.29 is 9.84 Å². The maximum atomic E-state index is 10.0. The molecule has 0 aromatic heterocycles. The van der Waals surface area contributed by atoms with Crippen LogP contribution in [0.15, 0.2) is 18.2 Å². The molecule has 1 atom stereocenters. The van der Waals surface area contributed by atoms with Crippen molar-refractivity contribution in [1.82, 2.24) is 0 Å². The van der Waals surface area contributed by atoms with Gasteiger partial charge in [-0.2, -0.15) is 0 Å². The van der Waals surface area contributed by atoms with E-state index in [9.17, 15) is 5.11 Å². The topological polar surface area (TPSA) is 32.7 Å². The van der Waals surface area contributed by atoms with Gasteiger partial charge in [-0.25, -0.2) is 0 Å². The molecule has 3 nitrogen and oxygen atoms in total. The van der Waals surface area contributed by atoms with Crippen molar-refractivity contribution in [3.8, 4) is 5.75 Å². The van der Waals surface area contributed by atoms with Crippen molar-refractivity contribution in [2.24, 2.45) is 0 Å². The zero-order valence-corrected chi connectivity index (χ0v) is 12.1. The molecule has 0 saturated carbocycles. The summed E-state index contributed by atoms with van der Waals surface area (Å²) < 4.78 is 5.37. The predicted molar refractivity (Wildman–Crippen MR) is 76.4 cm³/mol. The number of rotatable bonds is 6. The number of aliphatic hydroxyl groups is 1. The quantitative estimate of drug-likeness (QED) is 0.841. The lowest BCUT2D eigenvalue weighted by molar-refractivity contribution is 0.194. The summed E-state index contributed by atoms with van der Waals surface area (Å²) >= 11 is 0. The molecule has 0 heterocycles. The van der Waals surface area contributed by atoms with Gasteiger partial charge in [0.1, 0.15) is 5.75 Å². The molecule has 0 saturated heterocycles. The van der Waals surface area contributed by atoms with Gasteiger partial charge in [0.05, 0.1) is 13.2 Å². The van der Waals surface area contributed by atoms with Crippen LogP contribution >= 0.6 is 0 Å². The molecule has 1 aromatic carbocycles. The molecular weight excluding hydrogens is 226 g/mol. The molecule has 0 fully saturated rings. The first-order valence-corrected chi connectivity index (χ1v) is 6.64. The van der Waals surface area contributed by atoms with Gasteiger partial charge in [0.2, 0.25) is 0 Å². The average Bonchev–Trinajstić information content (AvgIpc) is 2.34. The summed E-state index contributed by atoms with van der Waals surface area (Å²) in [6, 6.07) is 6.33. The number of nitrogens with zero attached hydrogens (tertiary/aromatic N) is 1. The van der Waals surface area contributed by atoms with Gasteiger partial charge in [-0.15, -0.1) is 0 Å². The van der Waals surface area contributed by atoms with E-state index < -0.39 is 6.10 Å². The Morgan fingerprint density at radius 2 is 1.94 bits per heavy atom. The van der Waals surface area contributed by atoms with Gasteiger partial charge >= 0.3 is 0 Å². The number of benzene rings is 1. The largest absolute Gasteiger partial charge is 0.496 e. The Balaban J connectivity index is 3.28. The van der Waals surface area contributed by atoms with Crippen LogP contribution in [-0.2, 0) is 0 Å². The summed E-state index contributed by atoms with van der Waals surface area (Å²) in [5, 5.41) is 10.0. The zero-order chi connectivity index (χ0) is 13.7. The molecule has 0 bridgehead atoms.